The van der Waals surface area contributed by atoms with E-state index in [0.717, 1.165) is 18.2 Å². The molecule has 0 unspecified atom stereocenters. The number of hydrazine groups is 1. The van der Waals surface area contributed by atoms with Crippen LogP contribution in [0.25, 0.3) is 5.69 Å². The SMILES string of the molecule is O=C(NNc1ccccc1C(F)(F)F)c1ccc(-n2ccnc2)c([N+](=O)[O-])c1. The predicted octanol–water partition coefficient (Wildman–Crippen LogP) is 3.56. The fourth-order valence-electron chi connectivity index (χ4n) is 2.47. The molecule has 0 saturated heterocycles. The number of para-hydroxylation sites is 1. The third-order valence-corrected chi connectivity index (χ3v) is 3.76. The lowest BCUT2D eigenvalue weighted by Gasteiger charge is -2.15. The third-order valence-electron chi connectivity index (χ3n) is 3.76. The van der Waals surface area contributed by atoms with E-state index in [1.165, 1.54) is 47.6 Å². The molecular weight excluding hydrogens is 379 g/mol. The zero-order valence-corrected chi connectivity index (χ0v) is 14.0. The molecule has 0 atom stereocenters. The van der Waals surface area contributed by atoms with E-state index in [-0.39, 0.29) is 22.6 Å². The Bertz CT molecular complexity index is 1020. The normalized spacial score (nSPS) is 11.1. The molecule has 1 aromatic heterocycles. The van der Waals surface area contributed by atoms with Gasteiger partial charge in [-0.3, -0.25) is 25.8 Å². The Labute approximate surface area is 155 Å². The van der Waals surface area contributed by atoms with E-state index in [4.69, 9.17) is 0 Å². The highest BCUT2D eigenvalue weighted by atomic mass is 19.4. The van der Waals surface area contributed by atoms with Crippen LogP contribution in [0.3, 0.4) is 0 Å². The van der Waals surface area contributed by atoms with Gasteiger partial charge in [0.15, 0.2) is 0 Å². The zero-order chi connectivity index (χ0) is 20.3. The molecular formula is C17H12F3N5O3. The summed E-state index contributed by atoms with van der Waals surface area (Å²) in [6, 6.07) is 8.28. The fraction of sp³-hybridized carbons (Fsp3) is 0.0588. The van der Waals surface area contributed by atoms with Crippen molar-refractivity contribution in [3.8, 4) is 5.69 Å². The maximum absolute atomic E-state index is 13.0. The smallest absolute Gasteiger partial charge is 0.300 e. The molecule has 144 valence electrons. The molecule has 11 heteroatoms. The number of imidazole rings is 1. The van der Waals surface area contributed by atoms with Crippen LogP contribution in [0.1, 0.15) is 15.9 Å². The van der Waals surface area contributed by atoms with Gasteiger partial charge in [0, 0.05) is 24.0 Å². The van der Waals surface area contributed by atoms with E-state index in [1.807, 2.05) is 0 Å². The number of rotatable bonds is 5. The number of carbonyl (C=O) groups excluding carboxylic acids is 1. The van der Waals surface area contributed by atoms with Crippen molar-refractivity contribution in [1.82, 2.24) is 15.0 Å². The first-order valence-corrected chi connectivity index (χ1v) is 7.76. The first kappa shape index (κ1) is 18.9. The average Bonchev–Trinajstić information content (AvgIpc) is 3.19. The number of hydrogen-bond donors (Lipinski definition) is 2. The highest BCUT2D eigenvalue weighted by Gasteiger charge is 2.33. The van der Waals surface area contributed by atoms with Gasteiger partial charge in [0.2, 0.25) is 0 Å². The molecule has 1 amide bonds. The summed E-state index contributed by atoms with van der Waals surface area (Å²) in [6.07, 6.45) is -0.318. The molecule has 8 nitrogen and oxygen atoms in total. The van der Waals surface area contributed by atoms with E-state index in [9.17, 15) is 28.1 Å². The van der Waals surface area contributed by atoms with Crippen LogP contribution >= 0.6 is 0 Å². The van der Waals surface area contributed by atoms with E-state index in [2.05, 4.69) is 15.8 Å². The van der Waals surface area contributed by atoms with E-state index < -0.39 is 22.6 Å². The number of nitrogens with one attached hydrogen (secondary N) is 2. The molecule has 2 N–H and O–H groups in total. The van der Waals surface area contributed by atoms with Gasteiger partial charge < -0.3 is 4.57 Å². The van der Waals surface area contributed by atoms with Crippen molar-refractivity contribution in [2.24, 2.45) is 0 Å². The molecule has 2 aromatic carbocycles. The number of anilines is 1. The second-order valence-corrected chi connectivity index (χ2v) is 5.55. The predicted molar refractivity (Wildman–Crippen MR) is 92.8 cm³/mol. The topological polar surface area (TPSA) is 102 Å². The average molecular weight is 391 g/mol. The van der Waals surface area contributed by atoms with Crippen molar-refractivity contribution < 1.29 is 22.9 Å². The Morgan fingerprint density at radius 3 is 2.57 bits per heavy atom. The Hall–Kier alpha value is -3.89. The number of nitrogens with zero attached hydrogens (tertiary/aromatic N) is 3. The van der Waals surface area contributed by atoms with Crippen molar-refractivity contribution in [2.45, 2.75) is 6.18 Å². The van der Waals surface area contributed by atoms with Crippen LogP contribution in [0.2, 0.25) is 0 Å². The molecule has 0 aliphatic rings. The largest absolute Gasteiger partial charge is 0.418 e. The molecule has 0 aliphatic heterocycles. The number of aromatic nitrogens is 2. The maximum Gasteiger partial charge on any atom is 0.418 e. The minimum absolute atomic E-state index is 0.104. The number of nitro benzene ring substituents is 1. The minimum Gasteiger partial charge on any atom is -0.300 e. The van der Waals surface area contributed by atoms with Crippen molar-refractivity contribution in [2.75, 3.05) is 5.43 Å². The summed E-state index contributed by atoms with van der Waals surface area (Å²) in [5.41, 5.74) is 2.73. The number of amides is 1. The lowest BCUT2D eigenvalue weighted by Crippen LogP contribution is -2.30. The van der Waals surface area contributed by atoms with Crippen LogP contribution in [0.4, 0.5) is 24.5 Å². The summed E-state index contributed by atoms with van der Waals surface area (Å²) in [7, 11) is 0. The van der Waals surface area contributed by atoms with E-state index >= 15 is 0 Å². The van der Waals surface area contributed by atoms with Gasteiger partial charge in [-0.15, -0.1) is 0 Å². The van der Waals surface area contributed by atoms with E-state index in [0.29, 0.717) is 0 Å². The molecule has 0 spiro atoms. The molecule has 0 bridgehead atoms. The van der Waals surface area contributed by atoms with Gasteiger partial charge in [-0.1, -0.05) is 12.1 Å². The maximum atomic E-state index is 13.0. The molecule has 0 aliphatic carbocycles. The van der Waals surface area contributed by atoms with Crippen LogP contribution in [-0.4, -0.2) is 20.4 Å². The quantitative estimate of drug-likeness (QED) is 0.512. The Kier molecular flexibility index (Phi) is 4.98. The van der Waals surface area contributed by atoms with Crippen molar-refractivity contribution in [1.29, 1.82) is 0 Å². The lowest BCUT2D eigenvalue weighted by molar-refractivity contribution is -0.384. The van der Waals surface area contributed by atoms with Crippen molar-refractivity contribution in [3.05, 3.63) is 82.4 Å². The summed E-state index contributed by atoms with van der Waals surface area (Å²) >= 11 is 0. The number of hydrogen-bond acceptors (Lipinski definition) is 5. The second-order valence-electron chi connectivity index (χ2n) is 5.55. The summed E-state index contributed by atoms with van der Waals surface area (Å²) < 4.78 is 40.3. The molecule has 3 aromatic rings. The summed E-state index contributed by atoms with van der Waals surface area (Å²) in [6.45, 7) is 0. The van der Waals surface area contributed by atoms with Gasteiger partial charge in [0.05, 0.1) is 22.5 Å². The molecule has 28 heavy (non-hydrogen) atoms. The number of carbonyl (C=O) groups is 1. The van der Waals surface area contributed by atoms with Gasteiger partial charge >= 0.3 is 6.18 Å². The summed E-state index contributed by atoms with van der Waals surface area (Å²) in [4.78, 5) is 26.7. The monoisotopic (exact) mass is 391 g/mol. The van der Waals surface area contributed by atoms with Crippen LogP contribution in [0.15, 0.2) is 61.2 Å². The first-order valence-electron chi connectivity index (χ1n) is 7.76. The number of benzene rings is 2. The van der Waals surface area contributed by atoms with Gasteiger partial charge in [0.25, 0.3) is 11.6 Å². The third kappa shape index (κ3) is 3.92. The first-order chi connectivity index (χ1) is 13.3. The van der Waals surface area contributed by atoms with E-state index in [1.54, 1.807) is 0 Å². The standard InChI is InChI=1S/C17H12F3N5O3/c18-17(19,20)12-3-1-2-4-13(12)22-23-16(26)11-5-6-14(15(9-11)25(27)28)24-8-7-21-10-24/h1-10,22H,(H,23,26). The Balaban J connectivity index is 1.83. The number of alkyl halides is 3. The van der Waals surface area contributed by atoms with Crippen LogP contribution in [0.5, 0.6) is 0 Å². The van der Waals surface area contributed by atoms with Crippen molar-refractivity contribution >= 4 is 17.3 Å². The summed E-state index contributed by atoms with van der Waals surface area (Å²) in [5, 5.41) is 11.3. The Morgan fingerprint density at radius 1 is 1.18 bits per heavy atom. The van der Waals surface area contributed by atoms with Gasteiger partial charge in [-0.25, -0.2) is 4.98 Å². The summed E-state index contributed by atoms with van der Waals surface area (Å²) in [5.74, 6) is -0.836. The molecule has 0 radical (unpaired) electrons. The lowest BCUT2D eigenvalue weighted by atomic mass is 10.1. The highest BCUT2D eigenvalue weighted by Crippen LogP contribution is 2.34. The fourth-order valence-corrected chi connectivity index (χ4v) is 2.47. The number of nitro groups is 1. The van der Waals surface area contributed by atoms with Gasteiger partial charge in [0.1, 0.15) is 5.69 Å². The Morgan fingerprint density at radius 2 is 1.93 bits per heavy atom. The number of halogens is 3. The molecule has 0 fully saturated rings. The van der Waals surface area contributed by atoms with Crippen molar-refractivity contribution in [3.63, 3.8) is 0 Å². The van der Waals surface area contributed by atoms with Crippen LogP contribution < -0.4 is 10.9 Å². The molecule has 3 rings (SSSR count). The highest BCUT2D eigenvalue weighted by molar-refractivity contribution is 5.96. The molecule has 0 saturated carbocycles. The van der Waals surface area contributed by atoms with Crippen LogP contribution in [0, 0.1) is 10.1 Å². The zero-order valence-electron chi connectivity index (χ0n) is 14.0. The molecule has 1 heterocycles. The van der Waals surface area contributed by atoms with Gasteiger partial charge in [-0.2, -0.15) is 13.2 Å². The second kappa shape index (κ2) is 7.39. The van der Waals surface area contributed by atoms with Crippen LogP contribution in [-0.2, 0) is 6.18 Å². The minimum atomic E-state index is -4.61. The van der Waals surface area contributed by atoms with Gasteiger partial charge in [-0.05, 0) is 24.3 Å².